The van der Waals surface area contributed by atoms with E-state index in [1.54, 1.807) is 17.0 Å². The van der Waals surface area contributed by atoms with Gasteiger partial charge >= 0.3 is 0 Å². The third-order valence-electron chi connectivity index (χ3n) is 4.97. The summed E-state index contributed by atoms with van der Waals surface area (Å²) in [7, 11) is 0. The Labute approximate surface area is 174 Å². The van der Waals surface area contributed by atoms with Crippen molar-refractivity contribution in [1.82, 2.24) is 15.2 Å². The fourth-order valence-corrected chi connectivity index (χ4v) is 3.81. The van der Waals surface area contributed by atoms with Gasteiger partial charge in [-0.25, -0.2) is 9.02 Å². The first-order chi connectivity index (χ1) is 13.9. The standard InChI is InChI=1S/C19H20BrFN4O4/c1-11(26)25-6-2-3-13(10-25)18(27)9-17-19(24-29-23-17)16(22-28)8-12-4-5-15(21)14(20)7-12/h4-5,7,13,28H,2-3,6,8-10H2,1H3. The van der Waals surface area contributed by atoms with Crippen LogP contribution in [-0.4, -0.2) is 50.9 Å². The number of benzene rings is 1. The number of likely N-dealkylation sites (tertiary alicyclic amines) is 1. The smallest absolute Gasteiger partial charge is 0.219 e. The van der Waals surface area contributed by atoms with Gasteiger partial charge < -0.3 is 10.1 Å². The number of amides is 1. The molecule has 29 heavy (non-hydrogen) atoms. The first kappa shape index (κ1) is 21.1. The molecular weight excluding hydrogens is 447 g/mol. The lowest BCUT2D eigenvalue weighted by Gasteiger charge is -2.31. The minimum Gasteiger partial charge on any atom is -0.411 e. The summed E-state index contributed by atoms with van der Waals surface area (Å²) in [6, 6.07) is 4.42. The molecule has 0 saturated carbocycles. The zero-order valence-electron chi connectivity index (χ0n) is 15.8. The summed E-state index contributed by atoms with van der Waals surface area (Å²) in [6.07, 6.45) is 1.57. The van der Waals surface area contributed by atoms with Gasteiger partial charge in [-0.3, -0.25) is 9.59 Å². The molecule has 0 bridgehead atoms. The Hall–Kier alpha value is -2.62. The average molecular weight is 467 g/mol. The molecule has 10 heteroatoms. The van der Waals surface area contributed by atoms with E-state index in [-0.39, 0.29) is 52.0 Å². The minimum atomic E-state index is -0.405. The van der Waals surface area contributed by atoms with Gasteiger partial charge in [-0.1, -0.05) is 16.4 Å². The van der Waals surface area contributed by atoms with E-state index in [0.717, 1.165) is 6.42 Å². The molecule has 1 fully saturated rings. The van der Waals surface area contributed by atoms with Crippen molar-refractivity contribution in [1.29, 1.82) is 0 Å². The molecule has 2 aromatic rings. The van der Waals surface area contributed by atoms with Crippen molar-refractivity contribution in [3.05, 3.63) is 45.4 Å². The maximum Gasteiger partial charge on any atom is 0.219 e. The predicted octanol–water partition coefficient (Wildman–Crippen LogP) is 2.76. The van der Waals surface area contributed by atoms with Crippen LogP contribution in [0.5, 0.6) is 0 Å². The number of aromatic nitrogens is 2. The van der Waals surface area contributed by atoms with E-state index in [2.05, 4.69) is 31.4 Å². The highest BCUT2D eigenvalue weighted by atomic mass is 79.9. The normalized spacial score (nSPS) is 17.4. The predicted molar refractivity (Wildman–Crippen MR) is 104 cm³/mol. The topological polar surface area (TPSA) is 109 Å². The third-order valence-corrected chi connectivity index (χ3v) is 5.58. The van der Waals surface area contributed by atoms with Gasteiger partial charge in [0.15, 0.2) is 5.69 Å². The van der Waals surface area contributed by atoms with Crippen molar-refractivity contribution in [3.63, 3.8) is 0 Å². The van der Waals surface area contributed by atoms with Gasteiger partial charge in [0.2, 0.25) is 5.91 Å². The Morgan fingerprint density at radius 1 is 1.38 bits per heavy atom. The molecule has 8 nitrogen and oxygen atoms in total. The van der Waals surface area contributed by atoms with Gasteiger partial charge in [-0.05, 0) is 51.6 Å². The Kier molecular flexibility index (Phi) is 6.73. The van der Waals surface area contributed by atoms with Crippen molar-refractivity contribution in [3.8, 4) is 0 Å². The Morgan fingerprint density at radius 2 is 2.17 bits per heavy atom. The van der Waals surface area contributed by atoms with Crippen molar-refractivity contribution < 1.29 is 23.8 Å². The molecule has 1 N–H and O–H groups in total. The summed E-state index contributed by atoms with van der Waals surface area (Å²) in [4.78, 5) is 26.0. The maximum absolute atomic E-state index is 13.4. The first-order valence-electron chi connectivity index (χ1n) is 9.14. The number of halogens is 2. The molecule has 1 amide bonds. The van der Waals surface area contributed by atoms with Gasteiger partial charge in [-0.15, -0.1) is 0 Å². The van der Waals surface area contributed by atoms with Gasteiger partial charge in [0, 0.05) is 32.4 Å². The summed E-state index contributed by atoms with van der Waals surface area (Å²) < 4.78 is 18.5. The number of Topliss-reactive ketones (excluding diaryl/α,β-unsaturated/α-hetero) is 1. The molecule has 1 saturated heterocycles. The molecule has 154 valence electrons. The van der Waals surface area contributed by atoms with E-state index in [9.17, 15) is 19.2 Å². The second-order valence-corrected chi connectivity index (χ2v) is 7.83. The molecule has 1 atom stereocenters. The number of oxime groups is 1. The second-order valence-electron chi connectivity index (χ2n) is 6.98. The quantitative estimate of drug-likeness (QED) is 0.398. The van der Waals surface area contributed by atoms with Gasteiger partial charge in [0.1, 0.15) is 23.0 Å². The van der Waals surface area contributed by atoms with Crippen molar-refractivity contribution >= 4 is 33.3 Å². The Balaban J connectivity index is 1.72. The third kappa shape index (κ3) is 5.06. The Morgan fingerprint density at radius 3 is 2.86 bits per heavy atom. The fraction of sp³-hybridized carbons (Fsp3) is 0.421. The van der Waals surface area contributed by atoms with Crippen molar-refractivity contribution in [2.45, 2.75) is 32.6 Å². The lowest BCUT2D eigenvalue weighted by atomic mass is 9.90. The molecule has 1 aliphatic heterocycles. The molecular formula is C19H20BrFN4O4. The van der Waals surface area contributed by atoms with E-state index in [1.165, 1.54) is 13.0 Å². The Bertz CT molecular complexity index is 946. The number of nitrogens with zero attached hydrogens (tertiary/aromatic N) is 4. The van der Waals surface area contributed by atoms with E-state index >= 15 is 0 Å². The summed E-state index contributed by atoms with van der Waals surface area (Å²) in [5.74, 6) is -0.807. The zero-order chi connectivity index (χ0) is 21.0. The van der Waals surface area contributed by atoms with E-state index < -0.39 is 5.82 Å². The van der Waals surface area contributed by atoms with E-state index in [4.69, 9.17) is 4.63 Å². The molecule has 1 aliphatic rings. The molecule has 3 rings (SSSR count). The van der Waals surface area contributed by atoms with Crippen LogP contribution in [0.25, 0.3) is 0 Å². The van der Waals surface area contributed by atoms with Gasteiger partial charge in [0.25, 0.3) is 0 Å². The zero-order valence-corrected chi connectivity index (χ0v) is 17.4. The molecule has 1 aromatic heterocycles. The fourth-order valence-electron chi connectivity index (χ4n) is 3.39. The molecule has 2 heterocycles. The van der Waals surface area contributed by atoms with Crippen LogP contribution in [0.1, 0.15) is 36.7 Å². The first-order valence-corrected chi connectivity index (χ1v) is 9.93. The van der Waals surface area contributed by atoms with Crippen molar-refractivity contribution in [2.75, 3.05) is 13.1 Å². The highest BCUT2D eigenvalue weighted by Gasteiger charge is 2.29. The number of carbonyl (C=O) groups excluding carboxylic acids is 2. The number of hydrogen-bond acceptors (Lipinski definition) is 7. The van der Waals surface area contributed by atoms with Crippen LogP contribution < -0.4 is 0 Å². The van der Waals surface area contributed by atoms with Crippen LogP contribution in [-0.2, 0) is 22.4 Å². The SMILES string of the molecule is CC(=O)N1CCCC(C(=O)Cc2nonc2C(Cc2ccc(F)c(Br)c2)=NO)C1. The van der Waals surface area contributed by atoms with Crippen LogP contribution >= 0.6 is 15.9 Å². The van der Waals surface area contributed by atoms with Crippen molar-refractivity contribution in [2.24, 2.45) is 11.1 Å². The number of ketones is 1. The largest absolute Gasteiger partial charge is 0.411 e. The van der Waals surface area contributed by atoms with Crippen LogP contribution in [0.15, 0.2) is 32.5 Å². The molecule has 0 radical (unpaired) electrons. The highest BCUT2D eigenvalue weighted by molar-refractivity contribution is 9.10. The maximum atomic E-state index is 13.4. The molecule has 0 spiro atoms. The summed E-state index contributed by atoms with van der Waals surface area (Å²) in [5.41, 5.74) is 1.28. The average Bonchev–Trinajstić information content (AvgIpc) is 3.16. The number of piperidine rings is 1. The summed E-state index contributed by atoms with van der Waals surface area (Å²) in [6.45, 7) is 2.54. The summed E-state index contributed by atoms with van der Waals surface area (Å²) >= 11 is 3.12. The molecule has 1 aromatic carbocycles. The van der Waals surface area contributed by atoms with Crippen LogP contribution in [0.2, 0.25) is 0 Å². The van der Waals surface area contributed by atoms with Crippen LogP contribution in [0.4, 0.5) is 4.39 Å². The number of rotatable bonds is 6. The summed E-state index contributed by atoms with van der Waals surface area (Å²) in [5, 5.41) is 20.3. The lowest BCUT2D eigenvalue weighted by molar-refractivity contribution is -0.133. The molecule has 0 aliphatic carbocycles. The highest BCUT2D eigenvalue weighted by Crippen LogP contribution is 2.21. The minimum absolute atomic E-state index is 0.0403. The monoisotopic (exact) mass is 466 g/mol. The number of carbonyl (C=O) groups is 2. The second kappa shape index (κ2) is 9.25. The molecule has 1 unspecified atom stereocenters. The van der Waals surface area contributed by atoms with Gasteiger partial charge in [0.05, 0.1) is 10.9 Å². The lowest BCUT2D eigenvalue weighted by Crippen LogP contribution is -2.41. The van der Waals surface area contributed by atoms with Gasteiger partial charge in [-0.2, -0.15) is 0 Å². The van der Waals surface area contributed by atoms with Crippen LogP contribution in [0.3, 0.4) is 0 Å². The van der Waals surface area contributed by atoms with E-state index in [1.807, 2.05) is 0 Å². The number of hydrogen-bond donors (Lipinski definition) is 1. The van der Waals surface area contributed by atoms with Crippen LogP contribution in [0, 0.1) is 11.7 Å². The van der Waals surface area contributed by atoms with E-state index in [0.29, 0.717) is 25.1 Å².